The van der Waals surface area contributed by atoms with Gasteiger partial charge in [-0.05, 0) is 25.3 Å². The van der Waals surface area contributed by atoms with Gasteiger partial charge < -0.3 is 15.0 Å². The summed E-state index contributed by atoms with van der Waals surface area (Å²) in [5.74, 6) is 0.369. The van der Waals surface area contributed by atoms with Crippen LogP contribution in [0.2, 0.25) is 0 Å². The molecule has 1 fully saturated rings. The molecule has 1 amide bonds. The highest BCUT2D eigenvalue weighted by Gasteiger charge is 2.39. The van der Waals surface area contributed by atoms with Gasteiger partial charge in [0, 0.05) is 5.92 Å². The molecule has 0 aromatic rings. The minimum Gasteiger partial charge on any atom is -0.468 e. The zero-order valence-electron chi connectivity index (χ0n) is 12.5. The fraction of sp³-hybridized carbons (Fsp3) is 0.733. The lowest BCUT2D eigenvalue weighted by molar-refractivity contribution is -0.148. The van der Waals surface area contributed by atoms with E-state index in [1.165, 1.54) is 7.11 Å². The summed E-state index contributed by atoms with van der Waals surface area (Å²) in [6, 6.07) is -0.206. The molecule has 0 aliphatic carbocycles. The monoisotopic (exact) mass is 280 g/mol. The largest absolute Gasteiger partial charge is 0.468 e. The molecule has 0 aromatic heterocycles. The van der Waals surface area contributed by atoms with Gasteiger partial charge in [0.25, 0.3) is 0 Å². The van der Waals surface area contributed by atoms with Crippen LogP contribution in [-0.4, -0.2) is 49.1 Å². The number of methoxy groups -OCH3 is 1. The van der Waals surface area contributed by atoms with Crippen LogP contribution in [0.5, 0.6) is 0 Å². The van der Waals surface area contributed by atoms with Gasteiger partial charge in [0.15, 0.2) is 0 Å². The summed E-state index contributed by atoms with van der Waals surface area (Å²) >= 11 is 0. The minimum absolute atomic E-state index is 0.0194. The first kappa shape index (κ1) is 15.0. The molecule has 2 heterocycles. The molecule has 0 saturated carbocycles. The molecule has 5 heteroatoms. The van der Waals surface area contributed by atoms with E-state index in [1.807, 2.05) is 0 Å². The highest BCUT2D eigenvalue weighted by molar-refractivity contribution is 5.87. The SMILES string of the molecule is COC(=O)CN1C(=O)[C@H]2NCC[C@@H]2C=C[C@H]1CC(C)C. The fourth-order valence-corrected chi connectivity index (χ4v) is 3.01. The van der Waals surface area contributed by atoms with Gasteiger partial charge in [-0.1, -0.05) is 26.0 Å². The van der Waals surface area contributed by atoms with E-state index >= 15 is 0 Å². The minimum atomic E-state index is -0.364. The summed E-state index contributed by atoms with van der Waals surface area (Å²) < 4.78 is 4.73. The highest BCUT2D eigenvalue weighted by atomic mass is 16.5. The van der Waals surface area contributed by atoms with Crippen molar-refractivity contribution in [1.82, 2.24) is 10.2 Å². The third-order valence-corrected chi connectivity index (χ3v) is 4.04. The summed E-state index contributed by atoms with van der Waals surface area (Å²) in [4.78, 5) is 26.0. The van der Waals surface area contributed by atoms with Gasteiger partial charge in [0.1, 0.15) is 6.54 Å². The molecule has 0 bridgehead atoms. The second-order valence-corrected chi connectivity index (χ2v) is 6.01. The molecule has 5 nitrogen and oxygen atoms in total. The van der Waals surface area contributed by atoms with Crippen molar-refractivity contribution < 1.29 is 14.3 Å². The van der Waals surface area contributed by atoms with Crippen molar-refractivity contribution in [3.63, 3.8) is 0 Å². The number of hydrogen-bond donors (Lipinski definition) is 1. The molecular weight excluding hydrogens is 256 g/mol. The first-order valence-corrected chi connectivity index (χ1v) is 7.32. The standard InChI is InChI=1S/C15H24N2O3/c1-10(2)8-12-5-4-11-6-7-16-14(11)15(19)17(12)9-13(18)20-3/h4-5,10-12,14,16H,6-9H2,1-3H3/t11-,12-,14-/m0/s1. The summed E-state index contributed by atoms with van der Waals surface area (Å²) in [5, 5.41) is 3.25. The van der Waals surface area contributed by atoms with Crippen molar-refractivity contribution in [2.75, 3.05) is 20.2 Å². The number of amides is 1. The van der Waals surface area contributed by atoms with Crippen LogP contribution < -0.4 is 5.32 Å². The number of ether oxygens (including phenoxy) is 1. The zero-order valence-corrected chi connectivity index (χ0v) is 12.5. The molecule has 2 aliphatic heterocycles. The summed E-state index contributed by atoms with van der Waals surface area (Å²) in [6.07, 6.45) is 6.08. The number of rotatable bonds is 4. The Kier molecular flexibility index (Phi) is 4.81. The number of carbonyl (C=O) groups excluding carboxylic acids is 2. The van der Waals surface area contributed by atoms with Crippen LogP contribution in [0, 0.1) is 11.8 Å². The van der Waals surface area contributed by atoms with E-state index in [4.69, 9.17) is 4.74 Å². The molecule has 0 spiro atoms. The third-order valence-electron chi connectivity index (χ3n) is 4.04. The molecule has 2 rings (SSSR count). The molecule has 1 N–H and O–H groups in total. The van der Waals surface area contributed by atoms with Crippen LogP contribution in [0.15, 0.2) is 12.2 Å². The number of nitrogens with one attached hydrogen (secondary N) is 1. The van der Waals surface area contributed by atoms with Crippen molar-refractivity contribution in [2.24, 2.45) is 11.8 Å². The number of nitrogens with zero attached hydrogens (tertiary/aromatic N) is 1. The first-order valence-electron chi connectivity index (χ1n) is 7.32. The lowest BCUT2D eigenvalue weighted by Gasteiger charge is -2.31. The van der Waals surface area contributed by atoms with E-state index in [0.29, 0.717) is 5.92 Å². The normalized spacial score (nSPS) is 29.5. The van der Waals surface area contributed by atoms with E-state index in [-0.39, 0.29) is 36.4 Å². The maximum absolute atomic E-state index is 12.7. The smallest absolute Gasteiger partial charge is 0.325 e. The Morgan fingerprint density at radius 2 is 2.25 bits per heavy atom. The lowest BCUT2D eigenvalue weighted by atomic mass is 10.00. The zero-order chi connectivity index (χ0) is 14.7. The van der Waals surface area contributed by atoms with Gasteiger partial charge in [-0.3, -0.25) is 9.59 Å². The second kappa shape index (κ2) is 6.39. The lowest BCUT2D eigenvalue weighted by Crippen LogP contribution is -2.50. The molecule has 112 valence electrons. The Morgan fingerprint density at radius 3 is 2.90 bits per heavy atom. The Balaban J connectivity index is 2.21. The van der Waals surface area contributed by atoms with Crippen molar-refractivity contribution in [3.05, 3.63) is 12.2 Å². The van der Waals surface area contributed by atoms with E-state index in [2.05, 4.69) is 31.3 Å². The molecule has 0 unspecified atom stereocenters. The highest BCUT2D eigenvalue weighted by Crippen LogP contribution is 2.26. The molecule has 0 aromatic carbocycles. The van der Waals surface area contributed by atoms with Crippen molar-refractivity contribution >= 4 is 11.9 Å². The quantitative estimate of drug-likeness (QED) is 0.615. The maximum Gasteiger partial charge on any atom is 0.325 e. The van der Waals surface area contributed by atoms with Crippen LogP contribution in [0.25, 0.3) is 0 Å². The van der Waals surface area contributed by atoms with Gasteiger partial charge in [-0.25, -0.2) is 0 Å². The second-order valence-electron chi connectivity index (χ2n) is 6.01. The molecule has 2 aliphatic rings. The average Bonchev–Trinajstić information content (AvgIpc) is 2.83. The average molecular weight is 280 g/mol. The van der Waals surface area contributed by atoms with Crippen molar-refractivity contribution in [2.45, 2.75) is 38.8 Å². The first-order chi connectivity index (χ1) is 9.52. The van der Waals surface area contributed by atoms with Crippen molar-refractivity contribution in [1.29, 1.82) is 0 Å². The van der Waals surface area contributed by atoms with E-state index < -0.39 is 0 Å². The van der Waals surface area contributed by atoms with Gasteiger partial charge >= 0.3 is 5.97 Å². The van der Waals surface area contributed by atoms with E-state index in [0.717, 1.165) is 19.4 Å². The Bertz CT molecular complexity index is 406. The van der Waals surface area contributed by atoms with Gasteiger partial charge in [0.2, 0.25) is 5.91 Å². The van der Waals surface area contributed by atoms with Gasteiger partial charge in [-0.15, -0.1) is 0 Å². The predicted octanol–water partition coefficient (Wildman–Crippen LogP) is 0.951. The Hall–Kier alpha value is -1.36. The molecular formula is C15H24N2O3. The van der Waals surface area contributed by atoms with Gasteiger partial charge in [-0.2, -0.15) is 0 Å². The van der Waals surface area contributed by atoms with Crippen LogP contribution in [-0.2, 0) is 14.3 Å². The molecule has 1 saturated heterocycles. The van der Waals surface area contributed by atoms with E-state index in [1.54, 1.807) is 4.90 Å². The molecule has 0 radical (unpaired) electrons. The van der Waals surface area contributed by atoms with Crippen molar-refractivity contribution in [3.8, 4) is 0 Å². The third kappa shape index (κ3) is 3.20. The van der Waals surface area contributed by atoms with Crippen LogP contribution in [0.4, 0.5) is 0 Å². The Morgan fingerprint density at radius 1 is 1.50 bits per heavy atom. The van der Waals surface area contributed by atoms with Crippen LogP contribution in [0.1, 0.15) is 26.7 Å². The number of hydrogen-bond acceptors (Lipinski definition) is 4. The van der Waals surface area contributed by atoms with E-state index in [9.17, 15) is 9.59 Å². The summed E-state index contributed by atoms with van der Waals surface area (Å²) in [6.45, 7) is 5.13. The Labute approximate surface area is 120 Å². The number of esters is 1. The maximum atomic E-state index is 12.7. The topological polar surface area (TPSA) is 58.6 Å². The number of carbonyl (C=O) groups is 2. The fourth-order valence-electron chi connectivity index (χ4n) is 3.01. The predicted molar refractivity (Wildman–Crippen MR) is 76.0 cm³/mol. The van der Waals surface area contributed by atoms with Gasteiger partial charge in [0.05, 0.1) is 19.2 Å². The van der Waals surface area contributed by atoms with Crippen LogP contribution >= 0.6 is 0 Å². The molecule has 3 atom stereocenters. The number of fused-ring (bicyclic) bond motifs is 1. The van der Waals surface area contributed by atoms with Crippen LogP contribution in [0.3, 0.4) is 0 Å². The summed E-state index contributed by atoms with van der Waals surface area (Å²) in [5.41, 5.74) is 0. The molecule has 20 heavy (non-hydrogen) atoms. The summed E-state index contributed by atoms with van der Waals surface area (Å²) in [7, 11) is 1.36.